The Morgan fingerprint density at radius 3 is 2.54 bits per heavy atom. The largest absolute Gasteiger partial charge is 0.370 e. The maximum Gasteiger partial charge on any atom is 0.275 e. The summed E-state index contributed by atoms with van der Waals surface area (Å²) in [5.41, 5.74) is 3.39. The van der Waals surface area contributed by atoms with Gasteiger partial charge in [0.1, 0.15) is 12.1 Å². The number of hydrogen-bond donors (Lipinski definition) is 2. The molecule has 0 saturated carbocycles. The molecule has 0 bridgehead atoms. The van der Waals surface area contributed by atoms with Crippen molar-refractivity contribution in [2.45, 2.75) is 52.1 Å². The average molecular weight is 496 g/mol. The van der Waals surface area contributed by atoms with Gasteiger partial charge in [0.25, 0.3) is 5.56 Å². The van der Waals surface area contributed by atoms with Crippen molar-refractivity contribution in [2.75, 3.05) is 31.1 Å². The van der Waals surface area contributed by atoms with Gasteiger partial charge in [0.05, 0.1) is 11.4 Å². The monoisotopic (exact) mass is 495 g/mol. The molecule has 2 aromatic heterocycles. The number of piperidine rings is 2. The van der Waals surface area contributed by atoms with Crippen LogP contribution in [0.4, 0.5) is 5.69 Å². The first kappa shape index (κ1) is 23.9. The zero-order valence-electron chi connectivity index (χ0n) is 20.5. The van der Waals surface area contributed by atoms with Gasteiger partial charge < -0.3 is 19.9 Å². The molecule has 1 amide bonds. The van der Waals surface area contributed by atoms with Crippen LogP contribution in [0.15, 0.2) is 47.5 Å². The van der Waals surface area contributed by atoms with Gasteiger partial charge >= 0.3 is 0 Å². The summed E-state index contributed by atoms with van der Waals surface area (Å²) in [6.45, 7) is 8.02. The lowest BCUT2D eigenvalue weighted by atomic mass is 9.71. The molecule has 2 aliphatic rings. The van der Waals surface area contributed by atoms with Crippen LogP contribution in [-0.4, -0.2) is 47.1 Å². The predicted molar refractivity (Wildman–Crippen MR) is 141 cm³/mol. The molecule has 0 atom stereocenters. The molecule has 2 fully saturated rings. The molecule has 2 N–H and O–H groups in total. The van der Waals surface area contributed by atoms with Gasteiger partial charge in [0.2, 0.25) is 5.91 Å². The van der Waals surface area contributed by atoms with Crippen molar-refractivity contribution in [3.05, 3.63) is 58.1 Å². The molecule has 1 aromatic carbocycles. The van der Waals surface area contributed by atoms with Crippen LogP contribution >= 0.6 is 11.6 Å². The zero-order chi connectivity index (χ0) is 24.6. The van der Waals surface area contributed by atoms with E-state index in [4.69, 9.17) is 11.6 Å². The minimum Gasteiger partial charge on any atom is -0.370 e. The second-order valence-corrected chi connectivity index (χ2v) is 10.8. The van der Waals surface area contributed by atoms with Gasteiger partial charge in [-0.25, -0.2) is 0 Å². The number of halogens is 1. The van der Waals surface area contributed by atoms with E-state index in [9.17, 15) is 9.59 Å². The van der Waals surface area contributed by atoms with Crippen LogP contribution in [0.3, 0.4) is 0 Å². The van der Waals surface area contributed by atoms with E-state index in [0.717, 1.165) is 37.4 Å². The number of carbonyl (C=O) groups is 1. The molecule has 7 nitrogen and oxygen atoms in total. The highest BCUT2D eigenvalue weighted by Crippen LogP contribution is 2.40. The van der Waals surface area contributed by atoms with Crippen LogP contribution in [0.25, 0.3) is 16.8 Å². The molecular weight excluding hydrogens is 462 g/mol. The standard InChI is InChI=1S/C27H34ClN5O2/c1-19(2)30-25(34)18-33-24(20-4-3-5-21(28)14-20)17-32-16-22(15-23(32)26(33)35)31-12-8-27(9-13-31)6-10-29-11-7-27/h3-5,14-17,19,29H,6-13,18H2,1-2H3,(H,30,34). The van der Waals surface area contributed by atoms with Gasteiger partial charge in [-0.3, -0.25) is 14.2 Å². The van der Waals surface area contributed by atoms with Gasteiger partial charge in [0.15, 0.2) is 0 Å². The van der Waals surface area contributed by atoms with Crippen molar-refractivity contribution >= 4 is 28.7 Å². The molecule has 3 aromatic rings. The fourth-order valence-corrected chi connectivity index (χ4v) is 5.80. The number of hydrogen-bond acceptors (Lipinski definition) is 4. The highest BCUT2D eigenvalue weighted by molar-refractivity contribution is 6.30. The van der Waals surface area contributed by atoms with Gasteiger partial charge in [-0.1, -0.05) is 23.7 Å². The first-order chi connectivity index (χ1) is 16.8. The summed E-state index contributed by atoms with van der Waals surface area (Å²) in [5, 5.41) is 6.97. The molecular formula is C27H34ClN5O2. The molecule has 5 rings (SSSR count). The van der Waals surface area contributed by atoms with Crippen molar-refractivity contribution in [1.82, 2.24) is 19.6 Å². The quantitative estimate of drug-likeness (QED) is 0.563. The number of amides is 1. The fraction of sp³-hybridized carbons (Fsp3) is 0.481. The van der Waals surface area contributed by atoms with Crippen LogP contribution in [-0.2, 0) is 11.3 Å². The summed E-state index contributed by atoms with van der Waals surface area (Å²) < 4.78 is 3.46. The normalized spacial score (nSPS) is 17.9. The van der Waals surface area contributed by atoms with Crippen LogP contribution in [0.2, 0.25) is 5.02 Å². The Hall–Kier alpha value is -2.77. The Kier molecular flexibility index (Phi) is 6.64. The maximum absolute atomic E-state index is 13.7. The number of nitrogens with zero attached hydrogens (tertiary/aromatic N) is 3. The molecule has 35 heavy (non-hydrogen) atoms. The van der Waals surface area contributed by atoms with Crippen LogP contribution < -0.4 is 21.1 Å². The number of nitrogens with one attached hydrogen (secondary N) is 2. The maximum atomic E-state index is 13.7. The van der Waals surface area contributed by atoms with Crippen LogP contribution in [0.1, 0.15) is 39.5 Å². The average Bonchev–Trinajstić information content (AvgIpc) is 3.26. The fourth-order valence-electron chi connectivity index (χ4n) is 5.61. The van der Waals surface area contributed by atoms with E-state index in [1.54, 1.807) is 10.6 Å². The molecule has 8 heteroatoms. The van der Waals surface area contributed by atoms with Crippen molar-refractivity contribution in [3.63, 3.8) is 0 Å². The highest BCUT2D eigenvalue weighted by Gasteiger charge is 2.35. The van der Waals surface area contributed by atoms with Crippen molar-refractivity contribution in [2.24, 2.45) is 5.41 Å². The lowest BCUT2D eigenvalue weighted by molar-refractivity contribution is -0.122. The highest BCUT2D eigenvalue weighted by atomic mass is 35.5. The molecule has 1 spiro atoms. The minimum absolute atomic E-state index is 0.00111. The van der Waals surface area contributed by atoms with E-state index in [1.165, 1.54) is 25.7 Å². The number of rotatable bonds is 5. The van der Waals surface area contributed by atoms with E-state index < -0.39 is 0 Å². The third-order valence-electron chi connectivity index (χ3n) is 7.58. The molecule has 2 aliphatic heterocycles. The topological polar surface area (TPSA) is 70.8 Å². The van der Waals surface area contributed by atoms with Gasteiger partial charge in [0, 0.05) is 42.1 Å². The van der Waals surface area contributed by atoms with Crippen molar-refractivity contribution in [3.8, 4) is 11.3 Å². The van der Waals surface area contributed by atoms with Crippen molar-refractivity contribution in [1.29, 1.82) is 0 Å². The predicted octanol–water partition coefficient (Wildman–Crippen LogP) is 3.92. The third-order valence-corrected chi connectivity index (χ3v) is 7.81. The summed E-state index contributed by atoms with van der Waals surface area (Å²) in [4.78, 5) is 28.7. The number of fused-ring (bicyclic) bond motifs is 1. The second kappa shape index (κ2) is 9.70. The van der Waals surface area contributed by atoms with E-state index in [-0.39, 0.29) is 24.1 Å². The Labute approximate surface area is 211 Å². The first-order valence-corrected chi connectivity index (χ1v) is 13.0. The summed E-state index contributed by atoms with van der Waals surface area (Å²) in [7, 11) is 0. The third kappa shape index (κ3) is 4.98. The number of benzene rings is 1. The summed E-state index contributed by atoms with van der Waals surface area (Å²) in [6, 6.07) is 9.37. The summed E-state index contributed by atoms with van der Waals surface area (Å²) in [5.74, 6) is -0.190. The summed E-state index contributed by atoms with van der Waals surface area (Å²) >= 11 is 6.26. The molecule has 0 aliphatic carbocycles. The van der Waals surface area contributed by atoms with Gasteiger partial charge in [-0.15, -0.1) is 0 Å². The summed E-state index contributed by atoms with van der Waals surface area (Å²) in [6.07, 6.45) is 8.87. The molecule has 0 unspecified atom stereocenters. The van der Waals surface area contributed by atoms with Gasteiger partial charge in [-0.05, 0) is 76.2 Å². The Balaban J connectivity index is 1.50. The first-order valence-electron chi connectivity index (χ1n) is 12.6. The second-order valence-electron chi connectivity index (χ2n) is 10.4. The van der Waals surface area contributed by atoms with E-state index in [2.05, 4.69) is 15.5 Å². The number of carbonyl (C=O) groups excluding carboxylic acids is 1. The van der Waals surface area contributed by atoms with Crippen molar-refractivity contribution < 1.29 is 4.79 Å². The Bertz CT molecular complexity index is 1280. The molecule has 186 valence electrons. The SMILES string of the molecule is CC(C)NC(=O)Cn1c(-c2cccc(Cl)c2)cn2cc(N3CCC4(CCNCC4)CC3)cc2c1=O. The van der Waals surface area contributed by atoms with Crippen LogP contribution in [0, 0.1) is 5.41 Å². The van der Waals surface area contributed by atoms with E-state index in [1.807, 2.05) is 54.9 Å². The van der Waals surface area contributed by atoms with Crippen LogP contribution in [0.5, 0.6) is 0 Å². The van der Waals surface area contributed by atoms with Gasteiger partial charge in [-0.2, -0.15) is 0 Å². The lowest BCUT2D eigenvalue weighted by Gasteiger charge is -2.45. The number of anilines is 1. The Morgan fingerprint density at radius 2 is 1.86 bits per heavy atom. The minimum atomic E-state index is -0.190. The zero-order valence-corrected chi connectivity index (χ0v) is 21.3. The lowest BCUT2D eigenvalue weighted by Crippen LogP contribution is -2.45. The smallest absolute Gasteiger partial charge is 0.275 e. The molecule has 0 radical (unpaired) electrons. The number of aromatic nitrogens is 2. The van der Waals surface area contributed by atoms with E-state index >= 15 is 0 Å². The van der Waals surface area contributed by atoms with E-state index in [0.29, 0.717) is 21.6 Å². The molecule has 4 heterocycles. The molecule has 2 saturated heterocycles. The Morgan fingerprint density at radius 1 is 1.11 bits per heavy atom.